The molecule has 0 fully saturated rings. The lowest BCUT2D eigenvalue weighted by molar-refractivity contribution is 0.305. The first-order valence-corrected chi connectivity index (χ1v) is 7.15. The van der Waals surface area contributed by atoms with Crippen molar-refractivity contribution in [1.82, 2.24) is 9.55 Å². The summed E-state index contributed by atoms with van der Waals surface area (Å²) in [4.78, 5) is 16.3. The average Bonchev–Trinajstić information content (AvgIpc) is 2.55. The van der Waals surface area contributed by atoms with Gasteiger partial charge in [0.25, 0.3) is 5.56 Å². The van der Waals surface area contributed by atoms with Gasteiger partial charge >= 0.3 is 0 Å². The van der Waals surface area contributed by atoms with E-state index in [1.54, 1.807) is 47.3 Å². The van der Waals surface area contributed by atoms with Crippen molar-refractivity contribution in [3.63, 3.8) is 0 Å². The van der Waals surface area contributed by atoms with E-state index in [0.717, 1.165) is 16.9 Å². The highest BCUT2D eigenvalue weighted by Gasteiger charge is 2.07. The predicted molar refractivity (Wildman–Crippen MR) is 85.3 cm³/mol. The molecule has 0 radical (unpaired) electrons. The molecule has 0 aliphatic heterocycles. The van der Waals surface area contributed by atoms with Crippen LogP contribution in [0.2, 0.25) is 0 Å². The van der Waals surface area contributed by atoms with Crippen LogP contribution in [0.15, 0.2) is 65.7 Å². The quantitative estimate of drug-likeness (QED) is 0.743. The summed E-state index contributed by atoms with van der Waals surface area (Å²) in [5, 5.41) is 0. The summed E-state index contributed by atoms with van der Waals surface area (Å²) in [7, 11) is 0. The van der Waals surface area contributed by atoms with Crippen molar-refractivity contribution in [2.24, 2.45) is 0 Å². The van der Waals surface area contributed by atoms with Crippen molar-refractivity contribution < 1.29 is 9.13 Å². The van der Waals surface area contributed by atoms with Gasteiger partial charge in [0.2, 0.25) is 0 Å². The molecule has 116 valence electrons. The van der Waals surface area contributed by atoms with Crippen LogP contribution in [0.5, 0.6) is 5.75 Å². The molecule has 0 saturated heterocycles. The van der Waals surface area contributed by atoms with Crippen LogP contribution in [-0.2, 0) is 6.61 Å². The Morgan fingerprint density at radius 1 is 1.09 bits per heavy atom. The third-order valence-corrected chi connectivity index (χ3v) is 3.43. The van der Waals surface area contributed by atoms with Crippen LogP contribution in [0.4, 0.5) is 4.39 Å². The van der Waals surface area contributed by atoms with Gasteiger partial charge in [0.1, 0.15) is 18.2 Å². The minimum Gasteiger partial charge on any atom is -0.489 e. The molecule has 3 rings (SSSR count). The standard InChI is InChI=1S/C18H15FN2O2/c1-13-10-17(23-12-14-2-4-15(19)5-3-14)11-18(22)21(13)16-6-8-20-9-7-16/h2-11H,12H2,1H3. The number of ether oxygens (including phenoxy) is 1. The number of rotatable bonds is 4. The van der Waals surface area contributed by atoms with Gasteiger partial charge in [-0.05, 0) is 36.8 Å². The number of hydrogen-bond acceptors (Lipinski definition) is 3. The van der Waals surface area contributed by atoms with E-state index in [2.05, 4.69) is 4.98 Å². The van der Waals surface area contributed by atoms with E-state index in [-0.39, 0.29) is 18.0 Å². The summed E-state index contributed by atoms with van der Waals surface area (Å²) < 4.78 is 20.1. The number of halogens is 1. The second kappa shape index (κ2) is 6.44. The fraction of sp³-hybridized carbons (Fsp3) is 0.111. The highest BCUT2D eigenvalue weighted by atomic mass is 19.1. The van der Waals surface area contributed by atoms with Gasteiger partial charge in [-0.15, -0.1) is 0 Å². The summed E-state index contributed by atoms with van der Waals surface area (Å²) in [6.45, 7) is 2.12. The second-order valence-electron chi connectivity index (χ2n) is 5.13. The van der Waals surface area contributed by atoms with Crippen LogP contribution in [0, 0.1) is 12.7 Å². The third-order valence-electron chi connectivity index (χ3n) is 3.43. The summed E-state index contributed by atoms with van der Waals surface area (Å²) >= 11 is 0. The molecule has 4 nitrogen and oxygen atoms in total. The van der Waals surface area contributed by atoms with Gasteiger partial charge in [0.15, 0.2) is 0 Å². The number of aryl methyl sites for hydroxylation is 1. The number of benzene rings is 1. The van der Waals surface area contributed by atoms with Crippen LogP contribution >= 0.6 is 0 Å². The molecule has 0 bridgehead atoms. The van der Waals surface area contributed by atoms with E-state index < -0.39 is 0 Å². The fourth-order valence-corrected chi connectivity index (χ4v) is 2.33. The monoisotopic (exact) mass is 310 g/mol. The summed E-state index contributed by atoms with van der Waals surface area (Å²) in [5.74, 6) is 0.201. The van der Waals surface area contributed by atoms with Crippen molar-refractivity contribution >= 4 is 0 Å². The van der Waals surface area contributed by atoms with E-state index in [0.29, 0.717) is 5.75 Å². The predicted octanol–water partition coefficient (Wildman–Crippen LogP) is 3.26. The van der Waals surface area contributed by atoms with Gasteiger partial charge in [-0.3, -0.25) is 14.3 Å². The van der Waals surface area contributed by atoms with E-state index in [1.807, 2.05) is 6.92 Å². The molecule has 0 saturated carbocycles. The molecule has 0 aliphatic carbocycles. The molecule has 1 aromatic carbocycles. The Labute approximate surface area is 132 Å². The lowest BCUT2D eigenvalue weighted by Crippen LogP contribution is -2.19. The highest BCUT2D eigenvalue weighted by molar-refractivity contribution is 5.35. The van der Waals surface area contributed by atoms with Crippen LogP contribution in [-0.4, -0.2) is 9.55 Å². The Kier molecular flexibility index (Phi) is 4.19. The van der Waals surface area contributed by atoms with E-state index >= 15 is 0 Å². The number of nitrogens with zero attached hydrogens (tertiary/aromatic N) is 2. The van der Waals surface area contributed by atoms with Gasteiger partial charge in [-0.2, -0.15) is 0 Å². The number of hydrogen-bond donors (Lipinski definition) is 0. The molecule has 0 aliphatic rings. The maximum atomic E-state index is 12.9. The molecule has 2 aromatic heterocycles. The lowest BCUT2D eigenvalue weighted by atomic mass is 10.2. The van der Waals surface area contributed by atoms with Crippen LogP contribution in [0.25, 0.3) is 5.69 Å². The topological polar surface area (TPSA) is 44.1 Å². The Morgan fingerprint density at radius 2 is 1.78 bits per heavy atom. The van der Waals surface area contributed by atoms with Crippen LogP contribution < -0.4 is 10.3 Å². The zero-order valence-corrected chi connectivity index (χ0v) is 12.6. The number of aromatic nitrogens is 2. The molecule has 0 amide bonds. The lowest BCUT2D eigenvalue weighted by Gasteiger charge is -2.12. The smallest absolute Gasteiger partial charge is 0.258 e. The molecule has 2 heterocycles. The van der Waals surface area contributed by atoms with Gasteiger partial charge in [-0.25, -0.2) is 4.39 Å². The molecule has 0 unspecified atom stereocenters. The average molecular weight is 310 g/mol. The molecule has 23 heavy (non-hydrogen) atoms. The Hall–Kier alpha value is -2.95. The molecule has 0 atom stereocenters. The molecular weight excluding hydrogens is 295 g/mol. The molecule has 3 aromatic rings. The normalized spacial score (nSPS) is 10.5. The van der Waals surface area contributed by atoms with Gasteiger partial charge in [0, 0.05) is 30.2 Å². The fourth-order valence-electron chi connectivity index (χ4n) is 2.33. The maximum Gasteiger partial charge on any atom is 0.258 e. The molecular formula is C18H15FN2O2. The van der Waals surface area contributed by atoms with Crippen molar-refractivity contribution in [1.29, 1.82) is 0 Å². The summed E-state index contributed by atoms with van der Waals surface area (Å²) in [6, 6.07) is 12.8. The zero-order valence-electron chi connectivity index (χ0n) is 12.6. The van der Waals surface area contributed by atoms with Crippen molar-refractivity contribution in [3.05, 3.63) is 88.4 Å². The van der Waals surface area contributed by atoms with Crippen molar-refractivity contribution in [2.75, 3.05) is 0 Å². The minimum absolute atomic E-state index is 0.176. The van der Waals surface area contributed by atoms with Gasteiger partial charge < -0.3 is 4.74 Å². The second-order valence-corrected chi connectivity index (χ2v) is 5.13. The summed E-state index contributed by atoms with van der Waals surface area (Å²) in [5.41, 5.74) is 2.18. The Morgan fingerprint density at radius 3 is 2.43 bits per heavy atom. The van der Waals surface area contributed by atoms with Gasteiger partial charge in [-0.1, -0.05) is 12.1 Å². The van der Waals surface area contributed by atoms with Crippen LogP contribution in [0.3, 0.4) is 0 Å². The minimum atomic E-state index is -0.287. The maximum absolute atomic E-state index is 12.9. The number of pyridine rings is 2. The molecule has 0 spiro atoms. The Balaban J connectivity index is 1.82. The van der Waals surface area contributed by atoms with E-state index in [4.69, 9.17) is 4.74 Å². The first-order valence-electron chi connectivity index (χ1n) is 7.15. The van der Waals surface area contributed by atoms with Gasteiger partial charge in [0.05, 0.1) is 5.69 Å². The van der Waals surface area contributed by atoms with Crippen LogP contribution in [0.1, 0.15) is 11.3 Å². The largest absolute Gasteiger partial charge is 0.489 e. The van der Waals surface area contributed by atoms with E-state index in [9.17, 15) is 9.18 Å². The van der Waals surface area contributed by atoms with Crippen molar-refractivity contribution in [3.8, 4) is 11.4 Å². The SMILES string of the molecule is Cc1cc(OCc2ccc(F)cc2)cc(=O)n1-c1ccncc1. The first-order chi connectivity index (χ1) is 11.1. The van der Waals surface area contributed by atoms with E-state index in [1.165, 1.54) is 18.2 Å². The highest BCUT2D eigenvalue weighted by Crippen LogP contribution is 2.15. The molecule has 5 heteroatoms. The zero-order chi connectivity index (χ0) is 16.2. The summed E-state index contributed by atoms with van der Waals surface area (Å²) in [6.07, 6.45) is 3.28. The Bertz CT molecular complexity index is 858. The first kappa shape index (κ1) is 15.0. The van der Waals surface area contributed by atoms with Crippen molar-refractivity contribution in [2.45, 2.75) is 13.5 Å². The third kappa shape index (κ3) is 3.45. The molecule has 0 N–H and O–H groups in total.